The van der Waals surface area contributed by atoms with Crippen LogP contribution in [0.2, 0.25) is 5.02 Å². The quantitative estimate of drug-likeness (QED) is 0.194. The van der Waals surface area contributed by atoms with Crippen molar-refractivity contribution in [3.8, 4) is 0 Å². The second kappa shape index (κ2) is 14.3. The minimum atomic E-state index is -4.66. The highest BCUT2D eigenvalue weighted by atomic mass is 35.5. The number of rotatable bonds is 12. The highest BCUT2D eigenvalue weighted by Gasteiger charge is 2.33. The molecule has 3 aromatic rings. The maximum Gasteiger partial charge on any atom is 0.417 e. The monoisotopic (exact) mass is 625 g/mol. The Labute approximate surface area is 249 Å². The number of hydrogen-bond acceptors (Lipinski definition) is 10. The van der Waals surface area contributed by atoms with E-state index in [-0.39, 0.29) is 40.2 Å². The molecule has 1 aliphatic rings. The number of nitrogen functional groups attached to an aromatic ring is 1. The molecule has 4 rings (SSSR count). The summed E-state index contributed by atoms with van der Waals surface area (Å²) < 4.78 is 44.8. The van der Waals surface area contributed by atoms with Crippen molar-refractivity contribution in [2.45, 2.75) is 38.4 Å². The van der Waals surface area contributed by atoms with Gasteiger partial charge in [-0.2, -0.15) is 13.2 Å². The summed E-state index contributed by atoms with van der Waals surface area (Å²) in [6.07, 6.45) is -1.10. The Morgan fingerprint density at radius 3 is 2.71 bits per heavy atom. The highest BCUT2D eigenvalue weighted by Crippen LogP contribution is 2.36. The van der Waals surface area contributed by atoms with Gasteiger partial charge in [0.15, 0.2) is 5.78 Å². The van der Waals surface area contributed by atoms with Crippen LogP contribution in [-0.4, -0.2) is 70.9 Å². The fourth-order valence-electron chi connectivity index (χ4n) is 4.40. The van der Waals surface area contributed by atoms with Gasteiger partial charge in [0.25, 0.3) is 5.91 Å². The first-order chi connectivity index (χ1) is 20.0. The van der Waals surface area contributed by atoms with Gasteiger partial charge in [0.2, 0.25) is 0 Å². The van der Waals surface area contributed by atoms with Crippen LogP contribution in [0.5, 0.6) is 0 Å². The van der Waals surface area contributed by atoms with Crippen LogP contribution in [0, 0.1) is 0 Å². The van der Waals surface area contributed by atoms with Crippen molar-refractivity contribution in [1.29, 1.82) is 0 Å². The van der Waals surface area contributed by atoms with Gasteiger partial charge in [-0.05, 0) is 37.7 Å². The number of anilines is 2. The summed E-state index contributed by atoms with van der Waals surface area (Å²) in [7, 11) is 0. The molecular formula is C27H31ClF3N7O3S. The van der Waals surface area contributed by atoms with Gasteiger partial charge < -0.3 is 21.1 Å². The molecule has 1 aromatic carbocycles. The Morgan fingerprint density at radius 2 is 1.98 bits per heavy atom. The normalized spacial score (nSPS) is 15.0. The van der Waals surface area contributed by atoms with Crippen molar-refractivity contribution in [3.63, 3.8) is 0 Å². The third-order valence-corrected chi connectivity index (χ3v) is 8.22. The van der Waals surface area contributed by atoms with Crippen LogP contribution in [0.15, 0.2) is 30.7 Å². The van der Waals surface area contributed by atoms with Crippen molar-refractivity contribution in [1.82, 2.24) is 25.2 Å². The van der Waals surface area contributed by atoms with E-state index in [0.717, 1.165) is 69.3 Å². The second-order valence-corrected chi connectivity index (χ2v) is 11.3. The van der Waals surface area contributed by atoms with E-state index in [4.69, 9.17) is 22.1 Å². The van der Waals surface area contributed by atoms with Crippen molar-refractivity contribution < 1.29 is 27.5 Å². The fraction of sp³-hybridized carbons (Fsp3) is 0.444. The van der Waals surface area contributed by atoms with Gasteiger partial charge >= 0.3 is 6.18 Å². The predicted octanol–water partition coefficient (Wildman–Crippen LogP) is 4.63. The molecule has 226 valence electrons. The van der Waals surface area contributed by atoms with Gasteiger partial charge in [0.1, 0.15) is 22.7 Å². The second-order valence-electron chi connectivity index (χ2n) is 9.81. The van der Waals surface area contributed by atoms with E-state index in [1.165, 1.54) is 18.6 Å². The number of thiazole rings is 1. The van der Waals surface area contributed by atoms with Crippen molar-refractivity contribution in [3.05, 3.63) is 62.5 Å². The van der Waals surface area contributed by atoms with E-state index in [1.807, 2.05) is 0 Å². The Kier molecular flexibility index (Phi) is 10.8. The number of nitrogens with two attached hydrogens (primary N) is 1. The van der Waals surface area contributed by atoms with Crippen LogP contribution in [0.4, 0.5) is 24.7 Å². The molecule has 42 heavy (non-hydrogen) atoms. The smallest absolute Gasteiger partial charge is 0.383 e. The first kappa shape index (κ1) is 31.8. The van der Waals surface area contributed by atoms with Crippen molar-refractivity contribution in [2.24, 2.45) is 0 Å². The first-order valence-corrected chi connectivity index (χ1v) is 14.5. The Hall–Kier alpha value is -3.17. The molecule has 3 heterocycles. The minimum Gasteiger partial charge on any atom is -0.383 e. The van der Waals surface area contributed by atoms with Crippen LogP contribution in [-0.2, 0) is 17.5 Å². The number of halogens is 4. The number of carbonyl (C=O) groups excluding carboxylic acids is 2. The summed E-state index contributed by atoms with van der Waals surface area (Å²) in [5, 5.41) is 5.81. The van der Waals surface area contributed by atoms with Crippen molar-refractivity contribution in [2.75, 3.05) is 50.4 Å². The first-order valence-electron chi connectivity index (χ1n) is 13.3. The summed E-state index contributed by atoms with van der Waals surface area (Å²) in [5.74, 6) is -1.00. The third-order valence-electron chi connectivity index (χ3n) is 6.67. The number of nitrogens with one attached hydrogen (secondary N) is 2. The molecule has 1 amide bonds. The highest BCUT2D eigenvalue weighted by molar-refractivity contribution is 7.13. The summed E-state index contributed by atoms with van der Waals surface area (Å²) >= 11 is 6.70. The number of nitrogens with zero attached hydrogens (tertiary/aromatic N) is 4. The Morgan fingerprint density at radius 1 is 1.21 bits per heavy atom. The minimum absolute atomic E-state index is 0.0567. The molecule has 1 atom stereocenters. The van der Waals surface area contributed by atoms with E-state index >= 15 is 0 Å². The van der Waals surface area contributed by atoms with Crippen LogP contribution in [0.25, 0.3) is 0 Å². The number of ether oxygens (including phenoxy) is 1. The van der Waals surface area contributed by atoms with Gasteiger partial charge in [-0.15, -0.1) is 11.3 Å². The van der Waals surface area contributed by atoms with E-state index in [9.17, 15) is 22.8 Å². The molecule has 1 saturated heterocycles. The lowest BCUT2D eigenvalue weighted by atomic mass is 10.0. The van der Waals surface area contributed by atoms with Crippen LogP contribution < -0.4 is 16.4 Å². The number of alkyl halides is 3. The number of Topliss-reactive ketones (excluding diaryl/α,β-unsaturated/α-hetero) is 1. The third kappa shape index (κ3) is 8.44. The molecule has 0 radical (unpaired) electrons. The molecule has 4 N–H and O–H groups in total. The summed E-state index contributed by atoms with van der Waals surface area (Å²) in [6.45, 7) is 7.16. The van der Waals surface area contributed by atoms with Gasteiger partial charge in [0, 0.05) is 43.2 Å². The van der Waals surface area contributed by atoms with Crippen molar-refractivity contribution >= 4 is 46.1 Å². The lowest BCUT2D eigenvalue weighted by molar-refractivity contribution is -0.137. The molecule has 0 bridgehead atoms. The summed E-state index contributed by atoms with van der Waals surface area (Å²) in [4.78, 5) is 40.9. The average molecular weight is 626 g/mol. The largest absolute Gasteiger partial charge is 0.417 e. The Bertz CT molecular complexity index is 1400. The maximum atomic E-state index is 13.2. The standard InChI is InChI=1S/C27H31ClF3N7O3S/c1-16(26-34-14-22(42-26)25(40)37-17-3-4-20(28)19(12-17)27(29,30)31)11-21(39)23-18(24(32)36-15-35-23)13-33-5-2-6-38-7-9-41-10-8-38/h3-4,12,14-16,33H,2,5-11,13H2,1H3,(H,37,40)(H2,32,35,36)/t16-/m0/s1. The number of ketones is 1. The van der Waals surface area contributed by atoms with E-state index in [0.29, 0.717) is 17.1 Å². The average Bonchev–Trinajstić information content (AvgIpc) is 3.45. The number of aromatic nitrogens is 3. The lowest BCUT2D eigenvalue weighted by Gasteiger charge is -2.26. The van der Waals surface area contributed by atoms with Gasteiger partial charge in [-0.3, -0.25) is 14.5 Å². The molecule has 2 aromatic heterocycles. The molecule has 15 heteroatoms. The number of hydrogen-bond donors (Lipinski definition) is 3. The van der Waals surface area contributed by atoms with Gasteiger partial charge in [-0.1, -0.05) is 18.5 Å². The maximum absolute atomic E-state index is 13.2. The van der Waals surface area contributed by atoms with E-state index < -0.39 is 22.7 Å². The zero-order valence-corrected chi connectivity index (χ0v) is 24.4. The number of carbonyl (C=O) groups is 2. The molecular weight excluding hydrogens is 595 g/mol. The van der Waals surface area contributed by atoms with E-state index in [2.05, 4.69) is 30.5 Å². The number of morpholine rings is 1. The molecule has 1 fully saturated rings. The van der Waals surface area contributed by atoms with Gasteiger partial charge in [0.05, 0.1) is 35.0 Å². The zero-order chi connectivity index (χ0) is 30.3. The number of benzene rings is 1. The molecule has 0 spiro atoms. The molecule has 10 nitrogen and oxygen atoms in total. The summed E-state index contributed by atoms with van der Waals surface area (Å²) in [5.41, 5.74) is 5.74. The molecule has 1 aliphatic heterocycles. The summed E-state index contributed by atoms with van der Waals surface area (Å²) in [6, 6.07) is 3.12. The zero-order valence-electron chi connectivity index (χ0n) is 22.8. The lowest BCUT2D eigenvalue weighted by Crippen LogP contribution is -2.37. The van der Waals surface area contributed by atoms with Gasteiger partial charge in [-0.25, -0.2) is 15.0 Å². The molecule has 0 unspecified atom stereocenters. The van der Waals surface area contributed by atoms with Crippen LogP contribution >= 0.6 is 22.9 Å². The molecule has 0 saturated carbocycles. The topological polar surface area (TPSA) is 135 Å². The fourth-order valence-corrected chi connectivity index (χ4v) is 5.49. The number of amides is 1. The predicted molar refractivity (Wildman–Crippen MR) is 154 cm³/mol. The van der Waals surface area contributed by atoms with Crippen LogP contribution in [0.3, 0.4) is 0 Å². The SMILES string of the molecule is C[C@@H](CC(=O)c1ncnc(N)c1CNCCCN1CCOCC1)c1ncc(C(=O)Nc2ccc(Cl)c(C(F)(F)F)c2)s1. The van der Waals surface area contributed by atoms with E-state index in [1.54, 1.807) is 6.92 Å². The Balaban J connectivity index is 1.33. The van der Waals surface area contributed by atoms with Crippen LogP contribution in [0.1, 0.15) is 62.0 Å². The molecule has 0 aliphatic carbocycles.